The van der Waals surface area contributed by atoms with E-state index < -0.39 is 6.10 Å². The van der Waals surface area contributed by atoms with Crippen molar-refractivity contribution in [2.75, 3.05) is 0 Å². The molecule has 1 aromatic heterocycles. The number of nitrogens with zero attached hydrogens (tertiary/aromatic N) is 1. The Hall–Kier alpha value is -1.42. The number of aromatic nitrogens is 1. The van der Waals surface area contributed by atoms with Gasteiger partial charge in [0.1, 0.15) is 0 Å². The molecule has 3 N–H and O–H groups in total. The number of rotatable bonds is 4. The van der Waals surface area contributed by atoms with Gasteiger partial charge in [-0.25, -0.2) is 0 Å². The van der Waals surface area contributed by atoms with Crippen LogP contribution in [0, 0.1) is 0 Å². The van der Waals surface area contributed by atoms with Crippen molar-refractivity contribution in [1.29, 1.82) is 0 Å². The van der Waals surface area contributed by atoms with Crippen LogP contribution in [0.3, 0.4) is 0 Å². The van der Waals surface area contributed by atoms with Crippen LogP contribution in [0.25, 0.3) is 0 Å². The van der Waals surface area contributed by atoms with Gasteiger partial charge >= 0.3 is 0 Å². The summed E-state index contributed by atoms with van der Waals surface area (Å²) in [5.41, 5.74) is 6.62. The number of carbonyl (C=O) groups excluding carboxylic acids is 1. The lowest BCUT2D eigenvalue weighted by Gasteiger charge is -2.05. The number of aryl methyl sites for hydroxylation is 1. The first-order chi connectivity index (χ1) is 6.59. The van der Waals surface area contributed by atoms with Crippen molar-refractivity contribution in [1.82, 2.24) is 4.98 Å². The molecule has 1 atom stereocenters. The third kappa shape index (κ3) is 3.14. The molecular formula is C10H14N2O2. The summed E-state index contributed by atoms with van der Waals surface area (Å²) in [4.78, 5) is 14.5. The van der Waals surface area contributed by atoms with Gasteiger partial charge in [-0.3, -0.25) is 9.78 Å². The van der Waals surface area contributed by atoms with Gasteiger partial charge in [-0.05, 0) is 31.0 Å². The number of primary amides is 1. The summed E-state index contributed by atoms with van der Waals surface area (Å²) in [6, 6.07) is 3.60. The van der Waals surface area contributed by atoms with Gasteiger partial charge in [0.05, 0.1) is 11.8 Å². The maximum absolute atomic E-state index is 10.5. The first-order valence-corrected chi connectivity index (χ1v) is 4.51. The third-order valence-electron chi connectivity index (χ3n) is 1.93. The van der Waals surface area contributed by atoms with Gasteiger partial charge in [-0.2, -0.15) is 0 Å². The Morgan fingerprint density at radius 2 is 2.43 bits per heavy atom. The van der Waals surface area contributed by atoms with Gasteiger partial charge in [0, 0.05) is 12.6 Å². The second kappa shape index (κ2) is 4.72. The molecule has 1 aromatic rings. The number of amides is 1. The lowest BCUT2D eigenvalue weighted by Crippen LogP contribution is -2.11. The Labute approximate surface area is 82.8 Å². The molecule has 76 valence electrons. The van der Waals surface area contributed by atoms with Crippen molar-refractivity contribution in [3.8, 4) is 0 Å². The first kappa shape index (κ1) is 10.7. The van der Waals surface area contributed by atoms with Gasteiger partial charge in [-0.1, -0.05) is 0 Å². The van der Waals surface area contributed by atoms with E-state index in [1.54, 1.807) is 19.2 Å². The largest absolute Gasteiger partial charge is 0.387 e. The van der Waals surface area contributed by atoms with Crippen molar-refractivity contribution in [3.63, 3.8) is 0 Å². The molecule has 1 amide bonds. The molecule has 4 nitrogen and oxygen atoms in total. The topological polar surface area (TPSA) is 76.2 Å². The number of nitrogens with two attached hydrogens (primary N) is 1. The standard InChI is InChI=1S/C10H14N2O2/c1-7(13)9-6-8(4-5-12-9)2-3-10(11)14/h4-7,13H,2-3H2,1H3,(H2,11,14)/t7-/m0/s1. The van der Waals surface area contributed by atoms with Crippen LogP contribution >= 0.6 is 0 Å². The van der Waals surface area contributed by atoms with Gasteiger partial charge in [0.15, 0.2) is 0 Å². The SMILES string of the molecule is C[C@H](O)c1cc(CCC(N)=O)ccn1. The third-order valence-corrected chi connectivity index (χ3v) is 1.93. The minimum absolute atomic E-state index is 0.319. The van der Waals surface area contributed by atoms with E-state index in [4.69, 9.17) is 5.73 Å². The van der Waals surface area contributed by atoms with Gasteiger partial charge in [0.25, 0.3) is 0 Å². The van der Waals surface area contributed by atoms with E-state index in [-0.39, 0.29) is 5.91 Å². The van der Waals surface area contributed by atoms with Crippen molar-refractivity contribution in [2.45, 2.75) is 25.9 Å². The van der Waals surface area contributed by atoms with Crippen molar-refractivity contribution in [2.24, 2.45) is 5.73 Å². The summed E-state index contributed by atoms with van der Waals surface area (Å²) < 4.78 is 0. The number of aliphatic hydroxyl groups is 1. The Balaban J connectivity index is 2.68. The summed E-state index contributed by atoms with van der Waals surface area (Å²) in [7, 11) is 0. The highest BCUT2D eigenvalue weighted by Gasteiger charge is 2.03. The van der Waals surface area contributed by atoms with Crippen LogP contribution in [0.2, 0.25) is 0 Å². The Morgan fingerprint density at radius 3 is 3.00 bits per heavy atom. The Kier molecular flexibility index (Phi) is 3.59. The molecular weight excluding hydrogens is 180 g/mol. The zero-order valence-electron chi connectivity index (χ0n) is 8.10. The molecule has 0 unspecified atom stereocenters. The summed E-state index contributed by atoms with van der Waals surface area (Å²) in [6.45, 7) is 1.65. The lowest BCUT2D eigenvalue weighted by atomic mass is 10.1. The molecule has 1 heterocycles. The summed E-state index contributed by atoms with van der Waals surface area (Å²) in [6.07, 6.45) is 1.96. The molecule has 0 aromatic carbocycles. The number of hydrogen-bond donors (Lipinski definition) is 2. The highest BCUT2D eigenvalue weighted by molar-refractivity contribution is 5.73. The summed E-state index contributed by atoms with van der Waals surface area (Å²) >= 11 is 0. The number of carbonyl (C=O) groups is 1. The molecule has 0 radical (unpaired) electrons. The van der Waals surface area contributed by atoms with E-state index in [9.17, 15) is 9.90 Å². The molecule has 1 rings (SSSR count). The van der Waals surface area contributed by atoms with Crippen LogP contribution < -0.4 is 5.73 Å². The average Bonchev–Trinajstić information content (AvgIpc) is 2.15. The predicted octanol–water partition coefficient (Wildman–Crippen LogP) is 0.553. The number of hydrogen-bond acceptors (Lipinski definition) is 3. The fourth-order valence-electron chi connectivity index (χ4n) is 1.15. The maximum Gasteiger partial charge on any atom is 0.217 e. The second-order valence-electron chi connectivity index (χ2n) is 3.23. The minimum atomic E-state index is -0.580. The quantitative estimate of drug-likeness (QED) is 0.735. The molecule has 14 heavy (non-hydrogen) atoms. The minimum Gasteiger partial charge on any atom is -0.387 e. The van der Waals surface area contributed by atoms with Crippen LogP contribution in [-0.2, 0) is 11.2 Å². The maximum atomic E-state index is 10.5. The van der Waals surface area contributed by atoms with Crippen LogP contribution in [0.15, 0.2) is 18.3 Å². The van der Waals surface area contributed by atoms with Crippen LogP contribution in [0.4, 0.5) is 0 Å². The first-order valence-electron chi connectivity index (χ1n) is 4.51. The van der Waals surface area contributed by atoms with Crippen molar-refractivity contribution < 1.29 is 9.90 Å². The molecule has 4 heteroatoms. The molecule has 0 bridgehead atoms. The molecule has 0 spiro atoms. The monoisotopic (exact) mass is 194 g/mol. The Bertz CT molecular complexity index is 324. The normalized spacial score (nSPS) is 12.4. The predicted molar refractivity (Wildman–Crippen MR) is 52.4 cm³/mol. The van der Waals surface area contributed by atoms with Gasteiger partial charge < -0.3 is 10.8 Å². The second-order valence-corrected chi connectivity index (χ2v) is 3.23. The lowest BCUT2D eigenvalue weighted by molar-refractivity contribution is -0.117. The fourth-order valence-corrected chi connectivity index (χ4v) is 1.15. The number of aliphatic hydroxyl groups excluding tert-OH is 1. The highest BCUT2D eigenvalue weighted by atomic mass is 16.3. The molecule has 0 aliphatic heterocycles. The zero-order chi connectivity index (χ0) is 10.6. The van der Waals surface area contributed by atoms with Gasteiger partial charge in [-0.15, -0.1) is 0 Å². The fraction of sp³-hybridized carbons (Fsp3) is 0.400. The highest BCUT2D eigenvalue weighted by Crippen LogP contribution is 2.11. The average molecular weight is 194 g/mol. The van der Waals surface area contributed by atoms with E-state index in [1.165, 1.54) is 0 Å². The smallest absolute Gasteiger partial charge is 0.217 e. The molecule has 0 saturated heterocycles. The van der Waals surface area contributed by atoms with E-state index in [1.807, 2.05) is 6.07 Å². The zero-order valence-corrected chi connectivity index (χ0v) is 8.10. The van der Waals surface area contributed by atoms with E-state index in [0.29, 0.717) is 18.5 Å². The van der Waals surface area contributed by atoms with Crippen LogP contribution in [-0.4, -0.2) is 16.0 Å². The van der Waals surface area contributed by atoms with E-state index in [0.717, 1.165) is 5.56 Å². The molecule has 0 fully saturated rings. The summed E-state index contributed by atoms with van der Waals surface area (Å²) in [5.74, 6) is -0.319. The molecule has 0 aliphatic rings. The number of pyridine rings is 1. The van der Waals surface area contributed by atoms with Crippen LogP contribution in [0.1, 0.15) is 30.7 Å². The summed E-state index contributed by atoms with van der Waals surface area (Å²) in [5, 5.41) is 9.27. The Morgan fingerprint density at radius 1 is 1.71 bits per heavy atom. The van der Waals surface area contributed by atoms with E-state index >= 15 is 0 Å². The van der Waals surface area contributed by atoms with Gasteiger partial charge in [0.2, 0.25) is 5.91 Å². The van der Waals surface area contributed by atoms with Crippen molar-refractivity contribution in [3.05, 3.63) is 29.6 Å². The molecule has 0 aliphatic carbocycles. The van der Waals surface area contributed by atoms with E-state index in [2.05, 4.69) is 4.98 Å². The van der Waals surface area contributed by atoms with Crippen molar-refractivity contribution >= 4 is 5.91 Å². The van der Waals surface area contributed by atoms with Crippen LogP contribution in [0.5, 0.6) is 0 Å². The molecule has 0 saturated carbocycles.